The molecule has 0 aromatic heterocycles. The van der Waals surface area contributed by atoms with Gasteiger partial charge in [0.05, 0.1) is 0 Å². The van der Waals surface area contributed by atoms with E-state index in [4.69, 9.17) is 29.5 Å². The third-order valence-electron chi connectivity index (χ3n) is 7.49. The minimum atomic E-state index is -4.64. The zero-order chi connectivity index (χ0) is 32.9. The fourth-order valence-corrected chi connectivity index (χ4v) is 4.94. The Kier molecular flexibility index (Phi) is 42.2. The van der Waals surface area contributed by atoms with Crippen molar-refractivity contribution < 1.29 is 39.0 Å². The second kappa shape index (κ2) is 39.1. The number of carboxylic acids is 2. The molecule has 0 radical (unpaired) electrons. The number of unbranched alkanes of at least 4 members (excludes halogenated alkanes) is 26. The molecule has 0 aromatic carbocycles. The van der Waals surface area contributed by atoms with Crippen molar-refractivity contribution in [1.29, 1.82) is 0 Å². The lowest BCUT2D eigenvalue weighted by molar-refractivity contribution is -0.138. The number of carbonyl (C=O) groups is 2. The summed E-state index contributed by atoms with van der Waals surface area (Å²) >= 11 is 0. The number of carboxylic acid groups (broad SMARTS) is 2. The van der Waals surface area contributed by atoms with Crippen LogP contribution in [0.4, 0.5) is 0 Å². The summed E-state index contributed by atoms with van der Waals surface area (Å²) in [6.45, 7) is 4.53. The summed E-state index contributed by atoms with van der Waals surface area (Å²) in [5.74, 6) is -1.31. The maximum Gasteiger partial charge on any atom is 0.466 e. The first-order valence-electron chi connectivity index (χ1n) is 17.8. The van der Waals surface area contributed by atoms with Gasteiger partial charge in [-0.05, 0) is 12.8 Å². The van der Waals surface area contributed by atoms with Gasteiger partial charge in [0.15, 0.2) is 0 Å². The highest BCUT2D eigenvalue weighted by atomic mass is 31.2. The maximum atomic E-state index is 10.3. The molecule has 9 heteroatoms. The summed E-state index contributed by atoms with van der Waals surface area (Å²) in [5, 5.41) is 17.0. The molecule has 0 saturated carbocycles. The molecule has 0 amide bonds. The van der Waals surface area contributed by atoms with Gasteiger partial charge in [-0.1, -0.05) is 181 Å². The number of hydrogen-bond acceptors (Lipinski definition) is 3. The van der Waals surface area contributed by atoms with Crippen molar-refractivity contribution >= 4 is 19.8 Å². The van der Waals surface area contributed by atoms with E-state index in [1.165, 1.54) is 154 Å². The molecular weight excluding hydrogens is 567 g/mol. The predicted molar refractivity (Wildman–Crippen MR) is 179 cm³/mol. The highest BCUT2D eigenvalue weighted by Gasteiger charge is 2.00. The predicted octanol–water partition coefficient (Wildman–Crippen LogP) is 11.0. The van der Waals surface area contributed by atoms with Gasteiger partial charge in [-0.3, -0.25) is 9.59 Å². The Labute approximate surface area is 265 Å². The molecule has 0 heterocycles. The van der Waals surface area contributed by atoms with Gasteiger partial charge in [0.25, 0.3) is 0 Å². The quantitative estimate of drug-likeness (QED) is 0.0385. The number of aliphatic carboxylic acids is 2. The number of hydrogen-bond donors (Lipinski definition) is 5. The monoisotopic (exact) mass is 638 g/mol. The summed E-state index contributed by atoms with van der Waals surface area (Å²) in [6, 6.07) is 0. The first-order chi connectivity index (χ1) is 20.5. The molecule has 0 unspecified atom stereocenters. The number of rotatable bonds is 30. The summed E-state index contributed by atoms with van der Waals surface area (Å²) < 4.78 is 8.88. The van der Waals surface area contributed by atoms with E-state index in [0.29, 0.717) is 12.8 Å². The van der Waals surface area contributed by atoms with E-state index in [2.05, 4.69) is 13.8 Å². The smallest absolute Gasteiger partial charge is 0.466 e. The van der Waals surface area contributed by atoms with Crippen molar-refractivity contribution in [2.24, 2.45) is 0 Å². The molecule has 0 aromatic rings. The molecule has 0 bridgehead atoms. The largest absolute Gasteiger partial charge is 0.481 e. The third kappa shape index (κ3) is 64.9. The zero-order valence-electron chi connectivity index (χ0n) is 28.1. The molecular formula is C34H71O8P. The molecule has 0 aliphatic carbocycles. The van der Waals surface area contributed by atoms with Crippen molar-refractivity contribution in [3.63, 3.8) is 0 Å². The average Bonchev–Trinajstić information content (AvgIpc) is 2.92. The fourth-order valence-electron chi connectivity index (χ4n) is 4.94. The van der Waals surface area contributed by atoms with Crippen LogP contribution in [-0.4, -0.2) is 36.8 Å². The Morgan fingerprint density at radius 1 is 0.372 bits per heavy atom. The van der Waals surface area contributed by atoms with Crippen LogP contribution in [0.25, 0.3) is 0 Å². The Bertz CT molecular complexity index is 559. The van der Waals surface area contributed by atoms with Crippen molar-refractivity contribution in [1.82, 2.24) is 0 Å². The van der Waals surface area contributed by atoms with Gasteiger partial charge < -0.3 is 24.9 Å². The van der Waals surface area contributed by atoms with Gasteiger partial charge in [0, 0.05) is 12.8 Å². The van der Waals surface area contributed by atoms with Crippen LogP contribution in [0.5, 0.6) is 0 Å². The molecule has 0 saturated heterocycles. The summed E-state index contributed by atoms with van der Waals surface area (Å²) in [5.41, 5.74) is 0. The normalized spacial score (nSPS) is 10.9. The van der Waals surface area contributed by atoms with Crippen molar-refractivity contribution in [3.05, 3.63) is 0 Å². The first kappa shape index (κ1) is 46.5. The molecule has 5 N–H and O–H groups in total. The third-order valence-corrected chi connectivity index (χ3v) is 7.49. The van der Waals surface area contributed by atoms with E-state index in [9.17, 15) is 9.59 Å². The van der Waals surface area contributed by atoms with Crippen LogP contribution in [-0.2, 0) is 14.2 Å². The highest BCUT2D eigenvalue weighted by molar-refractivity contribution is 7.45. The maximum absolute atomic E-state index is 10.3. The summed E-state index contributed by atoms with van der Waals surface area (Å²) in [6.07, 6.45) is 37.5. The second-order valence-electron chi connectivity index (χ2n) is 12.0. The summed E-state index contributed by atoms with van der Waals surface area (Å²) in [4.78, 5) is 42.2. The van der Waals surface area contributed by atoms with Crippen molar-refractivity contribution in [2.45, 2.75) is 206 Å². The van der Waals surface area contributed by atoms with Crippen LogP contribution in [0.2, 0.25) is 0 Å². The minimum Gasteiger partial charge on any atom is -0.481 e. The Morgan fingerprint density at radius 3 is 0.651 bits per heavy atom. The summed E-state index contributed by atoms with van der Waals surface area (Å²) in [7, 11) is -4.64. The molecule has 0 aliphatic rings. The van der Waals surface area contributed by atoms with E-state index < -0.39 is 19.8 Å². The van der Waals surface area contributed by atoms with Crippen LogP contribution >= 0.6 is 7.82 Å². The average molecular weight is 639 g/mol. The Balaban J connectivity index is -0.000000642. The van der Waals surface area contributed by atoms with Crippen LogP contribution in [0.15, 0.2) is 0 Å². The van der Waals surface area contributed by atoms with Crippen molar-refractivity contribution in [3.8, 4) is 0 Å². The SMILES string of the molecule is CCCCCCCCCCCCCCCCC(=O)O.CCCCCCCCCCCCCCCCC(=O)O.O=P(O)(O)O. The van der Waals surface area contributed by atoms with Crippen LogP contribution in [0.1, 0.15) is 206 Å². The van der Waals surface area contributed by atoms with E-state index in [1.807, 2.05) is 0 Å². The molecule has 0 fully saturated rings. The lowest BCUT2D eigenvalue weighted by atomic mass is 10.0. The van der Waals surface area contributed by atoms with Crippen LogP contribution in [0.3, 0.4) is 0 Å². The highest BCUT2D eigenvalue weighted by Crippen LogP contribution is 2.25. The molecule has 0 spiro atoms. The topological polar surface area (TPSA) is 152 Å². The Morgan fingerprint density at radius 2 is 0.512 bits per heavy atom. The number of phosphoric acid groups is 1. The lowest BCUT2D eigenvalue weighted by Gasteiger charge is -2.02. The van der Waals surface area contributed by atoms with E-state index in [1.54, 1.807) is 0 Å². The van der Waals surface area contributed by atoms with E-state index in [-0.39, 0.29) is 0 Å². The van der Waals surface area contributed by atoms with Crippen LogP contribution < -0.4 is 0 Å². The van der Waals surface area contributed by atoms with Gasteiger partial charge in [0.2, 0.25) is 0 Å². The second-order valence-corrected chi connectivity index (χ2v) is 13.0. The standard InChI is InChI=1S/2C17H34O2.H3O4P/c2*1-2-3-4-5-6-7-8-9-10-11-12-13-14-15-16-17(18)19;1-5(2,3)4/h2*2-16H2,1H3,(H,18,19);(H3,1,2,3,4). The van der Waals surface area contributed by atoms with Gasteiger partial charge in [0.1, 0.15) is 0 Å². The molecule has 260 valence electrons. The lowest BCUT2D eigenvalue weighted by Crippen LogP contribution is -1.93. The minimum absolute atomic E-state index is 0.345. The fraction of sp³-hybridized carbons (Fsp3) is 0.941. The molecule has 8 nitrogen and oxygen atoms in total. The van der Waals surface area contributed by atoms with Gasteiger partial charge in [-0.25, -0.2) is 4.57 Å². The van der Waals surface area contributed by atoms with Crippen molar-refractivity contribution in [2.75, 3.05) is 0 Å². The molecule has 0 aliphatic heterocycles. The zero-order valence-corrected chi connectivity index (χ0v) is 29.0. The van der Waals surface area contributed by atoms with Gasteiger partial charge in [-0.2, -0.15) is 0 Å². The molecule has 43 heavy (non-hydrogen) atoms. The Hall–Kier alpha value is -0.950. The van der Waals surface area contributed by atoms with E-state index in [0.717, 1.165) is 25.7 Å². The van der Waals surface area contributed by atoms with E-state index >= 15 is 0 Å². The van der Waals surface area contributed by atoms with Crippen LogP contribution in [0, 0.1) is 0 Å². The van der Waals surface area contributed by atoms with Gasteiger partial charge >= 0.3 is 19.8 Å². The first-order valence-corrected chi connectivity index (χ1v) is 19.3. The molecule has 0 atom stereocenters. The molecule has 0 rings (SSSR count). The van der Waals surface area contributed by atoms with Gasteiger partial charge in [-0.15, -0.1) is 0 Å².